The smallest absolute Gasteiger partial charge is 0.251 e. The Morgan fingerprint density at radius 1 is 1.20 bits per heavy atom. The van der Waals surface area contributed by atoms with Crippen molar-refractivity contribution < 1.29 is 13.2 Å². The summed E-state index contributed by atoms with van der Waals surface area (Å²) in [5, 5.41) is 2.93. The second-order valence-corrected chi connectivity index (χ2v) is 7.34. The Morgan fingerprint density at radius 2 is 1.80 bits per heavy atom. The summed E-state index contributed by atoms with van der Waals surface area (Å²) in [6.07, 6.45) is 5.15. The maximum absolute atomic E-state index is 12.1. The Kier molecular flexibility index (Phi) is 4.45. The molecule has 2 rings (SSSR count). The molecule has 110 valence electrons. The van der Waals surface area contributed by atoms with Crippen LogP contribution in [0.1, 0.15) is 36.0 Å². The molecule has 0 unspecified atom stereocenters. The summed E-state index contributed by atoms with van der Waals surface area (Å²) in [6.45, 7) is 0. The predicted octanol–water partition coefficient (Wildman–Crippen LogP) is 1.09. The lowest BCUT2D eigenvalue weighted by molar-refractivity contribution is 0.0921. The zero-order valence-corrected chi connectivity index (χ0v) is 12.3. The number of rotatable bonds is 3. The molecule has 1 aromatic carbocycles. The lowest BCUT2D eigenvalue weighted by Crippen LogP contribution is -2.49. The highest BCUT2D eigenvalue weighted by Crippen LogP contribution is 2.17. The number of carbonyl (C=O) groups excluding carboxylic acids is 1. The molecule has 0 aromatic heterocycles. The van der Waals surface area contributed by atoms with Crippen molar-refractivity contribution in [3.63, 3.8) is 0 Å². The van der Waals surface area contributed by atoms with E-state index in [1.54, 1.807) is 0 Å². The lowest BCUT2D eigenvalue weighted by atomic mass is 9.91. The fourth-order valence-corrected chi connectivity index (χ4v) is 3.07. The summed E-state index contributed by atoms with van der Waals surface area (Å²) in [5.41, 5.74) is 6.45. The molecule has 3 N–H and O–H groups in total. The summed E-state index contributed by atoms with van der Waals surface area (Å²) in [4.78, 5) is 12.3. The topological polar surface area (TPSA) is 89.3 Å². The van der Waals surface area contributed by atoms with Crippen LogP contribution in [0.15, 0.2) is 29.2 Å². The average molecular weight is 296 g/mol. The largest absolute Gasteiger partial charge is 0.348 e. The molecule has 0 bridgehead atoms. The molecule has 5 nitrogen and oxygen atoms in total. The number of sulfone groups is 1. The first-order valence-corrected chi connectivity index (χ1v) is 8.63. The van der Waals surface area contributed by atoms with E-state index in [-0.39, 0.29) is 22.9 Å². The SMILES string of the molecule is CS(=O)(=O)c1ccc(C(=O)N[C@@H]2CCCC[C@H]2N)cc1. The van der Waals surface area contributed by atoms with Gasteiger partial charge in [0.25, 0.3) is 5.91 Å². The molecule has 0 spiro atoms. The molecule has 1 aliphatic carbocycles. The molecule has 6 heteroatoms. The monoisotopic (exact) mass is 296 g/mol. The zero-order chi connectivity index (χ0) is 14.8. The van der Waals surface area contributed by atoms with Crippen molar-refractivity contribution in [3.05, 3.63) is 29.8 Å². The lowest BCUT2D eigenvalue weighted by Gasteiger charge is -2.29. The van der Waals surface area contributed by atoms with Crippen molar-refractivity contribution in [2.24, 2.45) is 5.73 Å². The van der Waals surface area contributed by atoms with Crippen LogP contribution in [0.2, 0.25) is 0 Å². The van der Waals surface area contributed by atoms with E-state index < -0.39 is 9.84 Å². The normalized spacial score (nSPS) is 23.3. The predicted molar refractivity (Wildman–Crippen MR) is 77.2 cm³/mol. The van der Waals surface area contributed by atoms with Gasteiger partial charge < -0.3 is 11.1 Å². The van der Waals surface area contributed by atoms with Gasteiger partial charge in [-0.15, -0.1) is 0 Å². The van der Waals surface area contributed by atoms with Gasteiger partial charge in [0.05, 0.1) is 4.90 Å². The maximum Gasteiger partial charge on any atom is 0.251 e. The summed E-state index contributed by atoms with van der Waals surface area (Å²) in [7, 11) is -3.23. The van der Waals surface area contributed by atoms with E-state index in [2.05, 4.69) is 5.32 Å². The Hall–Kier alpha value is -1.40. The summed E-state index contributed by atoms with van der Waals surface area (Å²) < 4.78 is 22.7. The molecule has 0 aliphatic heterocycles. The van der Waals surface area contributed by atoms with Gasteiger partial charge in [0.2, 0.25) is 0 Å². The highest BCUT2D eigenvalue weighted by molar-refractivity contribution is 7.90. The minimum absolute atomic E-state index is 0.00277. The molecule has 0 radical (unpaired) electrons. The molecule has 1 saturated carbocycles. The summed E-state index contributed by atoms with van der Waals surface area (Å²) in [6, 6.07) is 5.96. The first kappa shape index (κ1) is 15.0. The molecular formula is C14H20N2O3S. The van der Waals surface area contributed by atoms with Gasteiger partial charge in [-0.2, -0.15) is 0 Å². The molecule has 2 atom stereocenters. The Morgan fingerprint density at radius 3 is 2.35 bits per heavy atom. The quantitative estimate of drug-likeness (QED) is 0.873. The third-order valence-corrected chi connectivity index (χ3v) is 4.81. The molecule has 0 heterocycles. The molecule has 0 saturated heterocycles. The zero-order valence-electron chi connectivity index (χ0n) is 11.5. The molecule has 1 amide bonds. The third-order valence-electron chi connectivity index (χ3n) is 3.68. The number of nitrogens with two attached hydrogens (primary N) is 1. The number of hydrogen-bond donors (Lipinski definition) is 2. The maximum atomic E-state index is 12.1. The Balaban J connectivity index is 2.06. The van der Waals surface area contributed by atoms with E-state index in [0.717, 1.165) is 31.9 Å². The van der Waals surface area contributed by atoms with Crippen molar-refractivity contribution >= 4 is 15.7 Å². The van der Waals surface area contributed by atoms with E-state index in [1.807, 2.05) is 0 Å². The molecule has 1 aromatic rings. The van der Waals surface area contributed by atoms with Crippen molar-refractivity contribution in [2.45, 2.75) is 42.7 Å². The Labute approximate surface area is 119 Å². The third kappa shape index (κ3) is 3.58. The second-order valence-electron chi connectivity index (χ2n) is 5.32. The van der Waals surface area contributed by atoms with Gasteiger partial charge >= 0.3 is 0 Å². The van der Waals surface area contributed by atoms with E-state index in [9.17, 15) is 13.2 Å². The van der Waals surface area contributed by atoms with Gasteiger partial charge in [-0.3, -0.25) is 4.79 Å². The Bertz CT molecular complexity index is 581. The van der Waals surface area contributed by atoms with E-state index in [1.165, 1.54) is 24.3 Å². The van der Waals surface area contributed by atoms with E-state index >= 15 is 0 Å². The molecular weight excluding hydrogens is 276 g/mol. The van der Waals surface area contributed by atoms with Gasteiger partial charge in [-0.05, 0) is 37.1 Å². The van der Waals surface area contributed by atoms with Gasteiger partial charge in [0.15, 0.2) is 9.84 Å². The highest BCUT2D eigenvalue weighted by atomic mass is 32.2. The van der Waals surface area contributed by atoms with Crippen LogP contribution < -0.4 is 11.1 Å². The number of hydrogen-bond acceptors (Lipinski definition) is 4. The van der Waals surface area contributed by atoms with Gasteiger partial charge in [-0.1, -0.05) is 12.8 Å². The van der Waals surface area contributed by atoms with Crippen LogP contribution in [0.4, 0.5) is 0 Å². The fourth-order valence-electron chi connectivity index (χ4n) is 2.44. The standard InChI is InChI=1S/C14H20N2O3S/c1-20(18,19)11-8-6-10(7-9-11)14(17)16-13-5-3-2-4-12(13)15/h6-9,12-13H,2-5,15H2,1H3,(H,16,17)/t12-,13-/m1/s1. The van der Waals surface area contributed by atoms with Crippen LogP contribution >= 0.6 is 0 Å². The highest BCUT2D eigenvalue weighted by Gasteiger charge is 2.23. The number of carbonyl (C=O) groups is 1. The average Bonchev–Trinajstić information content (AvgIpc) is 2.40. The van der Waals surface area contributed by atoms with Crippen molar-refractivity contribution in [1.82, 2.24) is 5.32 Å². The molecule has 20 heavy (non-hydrogen) atoms. The van der Waals surface area contributed by atoms with E-state index in [4.69, 9.17) is 5.73 Å². The minimum atomic E-state index is -3.23. The first-order chi connectivity index (χ1) is 9.38. The van der Waals surface area contributed by atoms with Gasteiger partial charge in [0.1, 0.15) is 0 Å². The number of amides is 1. The van der Waals surface area contributed by atoms with Crippen LogP contribution in [0.3, 0.4) is 0 Å². The summed E-state index contributed by atoms with van der Waals surface area (Å²) >= 11 is 0. The second kappa shape index (κ2) is 5.93. The van der Waals surface area contributed by atoms with Crippen LogP contribution in [0.25, 0.3) is 0 Å². The van der Waals surface area contributed by atoms with Crippen LogP contribution in [0.5, 0.6) is 0 Å². The minimum Gasteiger partial charge on any atom is -0.348 e. The first-order valence-electron chi connectivity index (χ1n) is 6.74. The number of nitrogens with one attached hydrogen (secondary N) is 1. The summed E-state index contributed by atoms with van der Waals surface area (Å²) in [5.74, 6) is -0.201. The van der Waals surface area contributed by atoms with Gasteiger partial charge in [-0.25, -0.2) is 8.42 Å². The van der Waals surface area contributed by atoms with Gasteiger partial charge in [0, 0.05) is 23.9 Å². The molecule has 1 aliphatic rings. The van der Waals surface area contributed by atoms with Crippen LogP contribution in [-0.4, -0.2) is 32.7 Å². The van der Waals surface area contributed by atoms with Crippen LogP contribution in [0, 0.1) is 0 Å². The molecule has 1 fully saturated rings. The van der Waals surface area contributed by atoms with Crippen LogP contribution in [-0.2, 0) is 9.84 Å². The number of benzene rings is 1. The fraction of sp³-hybridized carbons (Fsp3) is 0.500. The van der Waals surface area contributed by atoms with Crippen molar-refractivity contribution in [2.75, 3.05) is 6.26 Å². The van der Waals surface area contributed by atoms with E-state index in [0.29, 0.717) is 5.56 Å². The van der Waals surface area contributed by atoms with Crippen molar-refractivity contribution in [3.8, 4) is 0 Å². The van der Waals surface area contributed by atoms with Crippen molar-refractivity contribution in [1.29, 1.82) is 0 Å².